The largest absolute Gasteiger partial charge is 0.369 e. The normalized spacial score (nSPS) is 17.2. The second-order valence-electron chi connectivity index (χ2n) is 7.40. The molecule has 2 aromatic carbocycles. The first-order chi connectivity index (χ1) is 14.0. The summed E-state index contributed by atoms with van der Waals surface area (Å²) < 4.78 is 0. The number of thioether (sulfide) groups is 1. The van der Waals surface area contributed by atoms with Gasteiger partial charge < -0.3 is 15.5 Å². The molecule has 1 fully saturated rings. The SMILES string of the molecule is NC(=O)C1CCN(C(=O)c2ccc(CN3C(=O)CSc4ccccc43)cc2)CC1. The molecule has 2 N–H and O–H groups in total. The van der Waals surface area contributed by atoms with Crippen molar-refractivity contribution in [2.24, 2.45) is 11.7 Å². The maximum atomic E-state index is 12.7. The summed E-state index contributed by atoms with van der Waals surface area (Å²) in [4.78, 5) is 41.1. The number of piperidine rings is 1. The van der Waals surface area contributed by atoms with Crippen LogP contribution in [0.2, 0.25) is 0 Å². The number of anilines is 1. The van der Waals surface area contributed by atoms with Gasteiger partial charge in [-0.1, -0.05) is 24.3 Å². The van der Waals surface area contributed by atoms with Gasteiger partial charge in [0.1, 0.15) is 0 Å². The van der Waals surface area contributed by atoms with Crippen molar-refractivity contribution in [2.45, 2.75) is 24.3 Å². The Bertz CT molecular complexity index is 937. The molecule has 1 saturated heterocycles. The van der Waals surface area contributed by atoms with Gasteiger partial charge >= 0.3 is 0 Å². The minimum atomic E-state index is -0.284. The Balaban J connectivity index is 1.43. The van der Waals surface area contributed by atoms with Gasteiger partial charge in [0.25, 0.3) is 5.91 Å². The summed E-state index contributed by atoms with van der Waals surface area (Å²) in [6.07, 6.45) is 1.24. The Labute approximate surface area is 174 Å². The number of nitrogens with zero attached hydrogens (tertiary/aromatic N) is 2. The maximum Gasteiger partial charge on any atom is 0.253 e. The molecule has 2 aromatic rings. The molecule has 0 atom stereocenters. The fourth-order valence-electron chi connectivity index (χ4n) is 3.81. The summed E-state index contributed by atoms with van der Waals surface area (Å²) in [7, 11) is 0. The van der Waals surface area contributed by atoms with Crippen molar-refractivity contribution < 1.29 is 14.4 Å². The summed E-state index contributed by atoms with van der Waals surface area (Å²) in [5.74, 6) is 0.0779. The minimum Gasteiger partial charge on any atom is -0.369 e. The predicted octanol–water partition coefficient (Wildman–Crippen LogP) is 2.66. The lowest BCUT2D eigenvalue weighted by Gasteiger charge is -2.31. The van der Waals surface area contributed by atoms with Crippen LogP contribution in [-0.2, 0) is 16.1 Å². The van der Waals surface area contributed by atoms with Crippen LogP contribution >= 0.6 is 11.8 Å². The number of hydrogen-bond acceptors (Lipinski definition) is 4. The summed E-state index contributed by atoms with van der Waals surface area (Å²) in [6, 6.07) is 15.3. The molecule has 2 aliphatic heterocycles. The van der Waals surface area contributed by atoms with Crippen molar-refractivity contribution in [1.82, 2.24) is 4.90 Å². The van der Waals surface area contributed by atoms with Gasteiger partial charge in [-0.25, -0.2) is 0 Å². The smallest absolute Gasteiger partial charge is 0.253 e. The third-order valence-corrected chi connectivity index (χ3v) is 6.58. The molecule has 29 heavy (non-hydrogen) atoms. The van der Waals surface area contributed by atoms with Crippen LogP contribution in [0.25, 0.3) is 0 Å². The van der Waals surface area contributed by atoms with Gasteiger partial charge in [-0.05, 0) is 42.7 Å². The van der Waals surface area contributed by atoms with E-state index in [0.717, 1.165) is 16.1 Å². The van der Waals surface area contributed by atoms with Crippen LogP contribution in [0.1, 0.15) is 28.8 Å². The Morgan fingerprint density at radius 2 is 1.72 bits per heavy atom. The fraction of sp³-hybridized carbons (Fsp3) is 0.318. The molecule has 0 aliphatic carbocycles. The molecule has 4 rings (SSSR count). The van der Waals surface area contributed by atoms with E-state index in [1.807, 2.05) is 48.5 Å². The van der Waals surface area contributed by atoms with E-state index < -0.39 is 0 Å². The average molecular weight is 410 g/mol. The van der Waals surface area contributed by atoms with Gasteiger partial charge in [-0.2, -0.15) is 0 Å². The van der Waals surface area contributed by atoms with E-state index in [1.165, 1.54) is 0 Å². The van der Waals surface area contributed by atoms with Crippen LogP contribution in [0, 0.1) is 5.92 Å². The second-order valence-corrected chi connectivity index (χ2v) is 8.42. The summed E-state index contributed by atoms with van der Waals surface area (Å²) in [5, 5.41) is 0. The van der Waals surface area contributed by atoms with Gasteiger partial charge in [0.05, 0.1) is 18.0 Å². The molecule has 6 nitrogen and oxygen atoms in total. The van der Waals surface area contributed by atoms with Crippen LogP contribution in [-0.4, -0.2) is 41.5 Å². The number of likely N-dealkylation sites (tertiary alicyclic amines) is 1. The molecule has 0 unspecified atom stereocenters. The van der Waals surface area contributed by atoms with Gasteiger partial charge in [0.15, 0.2) is 0 Å². The number of nitrogens with two attached hydrogens (primary N) is 1. The summed E-state index contributed by atoms with van der Waals surface area (Å²) >= 11 is 1.56. The molecule has 3 amide bonds. The fourth-order valence-corrected chi connectivity index (χ4v) is 4.75. The Morgan fingerprint density at radius 3 is 2.41 bits per heavy atom. The van der Waals surface area contributed by atoms with Crippen molar-refractivity contribution in [3.8, 4) is 0 Å². The van der Waals surface area contributed by atoms with Crippen molar-refractivity contribution >= 4 is 35.2 Å². The van der Waals surface area contributed by atoms with Crippen LogP contribution in [0.15, 0.2) is 53.4 Å². The molecule has 0 spiro atoms. The Kier molecular flexibility index (Phi) is 5.58. The van der Waals surface area contributed by atoms with Crippen LogP contribution in [0.5, 0.6) is 0 Å². The monoisotopic (exact) mass is 409 g/mol. The van der Waals surface area contributed by atoms with Crippen LogP contribution in [0.4, 0.5) is 5.69 Å². The first-order valence-corrected chi connectivity index (χ1v) is 10.7. The minimum absolute atomic E-state index is 0.0322. The van der Waals surface area contributed by atoms with E-state index in [0.29, 0.717) is 43.8 Å². The number of primary amides is 1. The van der Waals surface area contributed by atoms with E-state index in [-0.39, 0.29) is 23.6 Å². The van der Waals surface area contributed by atoms with E-state index in [9.17, 15) is 14.4 Å². The van der Waals surface area contributed by atoms with Gasteiger partial charge in [0, 0.05) is 29.5 Å². The number of carbonyl (C=O) groups excluding carboxylic acids is 3. The van der Waals surface area contributed by atoms with E-state index in [2.05, 4.69) is 0 Å². The van der Waals surface area contributed by atoms with Crippen molar-refractivity contribution in [1.29, 1.82) is 0 Å². The van der Waals surface area contributed by atoms with E-state index >= 15 is 0 Å². The molecule has 0 aromatic heterocycles. The van der Waals surface area contributed by atoms with E-state index in [1.54, 1.807) is 21.6 Å². The number of amides is 3. The maximum absolute atomic E-state index is 12.7. The number of hydrogen-bond donors (Lipinski definition) is 1. The molecule has 2 aliphatic rings. The first kappa shape index (κ1) is 19.5. The number of para-hydroxylation sites is 1. The Hall–Kier alpha value is -2.80. The van der Waals surface area contributed by atoms with Crippen molar-refractivity contribution in [2.75, 3.05) is 23.7 Å². The highest BCUT2D eigenvalue weighted by atomic mass is 32.2. The molecular weight excluding hydrogens is 386 g/mol. The zero-order valence-corrected chi connectivity index (χ0v) is 16.9. The standard InChI is InChI=1S/C22H23N3O3S/c23-21(27)16-9-11-24(12-10-16)22(28)17-7-5-15(6-8-17)13-25-18-3-1-2-4-19(18)29-14-20(25)26/h1-8,16H,9-14H2,(H2,23,27). The number of rotatable bonds is 4. The zero-order chi connectivity index (χ0) is 20.4. The number of carbonyl (C=O) groups is 3. The van der Waals surface area contributed by atoms with E-state index in [4.69, 9.17) is 5.73 Å². The van der Waals surface area contributed by atoms with Gasteiger partial charge in [0.2, 0.25) is 11.8 Å². The second kappa shape index (κ2) is 8.29. The summed E-state index contributed by atoms with van der Waals surface area (Å²) in [5.41, 5.74) is 7.89. The highest BCUT2D eigenvalue weighted by Crippen LogP contribution is 2.35. The zero-order valence-electron chi connectivity index (χ0n) is 16.0. The quantitative estimate of drug-likeness (QED) is 0.842. The molecular formula is C22H23N3O3S. The average Bonchev–Trinajstić information content (AvgIpc) is 2.76. The number of fused-ring (bicyclic) bond motifs is 1. The molecule has 0 radical (unpaired) electrons. The highest BCUT2D eigenvalue weighted by molar-refractivity contribution is 8.00. The van der Waals surface area contributed by atoms with Gasteiger partial charge in [-0.15, -0.1) is 11.8 Å². The molecule has 7 heteroatoms. The lowest BCUT2D eigenvalue weighted by Crippen LogP contribution is -2.41. The molecule has 0 bridgehead atoms. The highest BCUT2D eigenvalue weighted by Gasteiger charge is 2.27. The summed E-state index contributed by atoms with van der Waals surface area (Å²) in [6.45, 7) is 1.57. The van der Waals surface area contributed by atoms with Gasteiger partial charge in [-0.3, -0.25) is 14.4 Å². The first-order valence-electron chi connectivity index (χ1n) is 9.72. The molecule has 0 saturated carbocycles. The molecule has 2 heterocycles. The Morgan fingerprint density at radius 1 is 1.03 bits per heavy atom. The topological polar surface area (TPSA) is 83.7 Å². The predicted molar refractivity (Wildman–Crippen MR) is 113 cm³/mol. The lowest BCUT2D eigenvalue weighted by molar-refractivity contribution is -0.123. The molecule has 150 valence electrons. The third kappa shape index (κ3) is 4.15. The van der Waals surface area contributed by atoms with Crippen LogP contribution < -0.4 is 10.6 Å². The lowest BCUT2D eigenvalue weighted by atomic mass is 9.96. The number of benzene rings is 2. The van der Waals surface area contributed by atoms with Crippen molar-refractivity contribution in [3.05, 3.63) is 59.7 Å². The van der Waals surface area contributed by atoms with Crippen LogP contribution in [0.3, 0.4) is 0 Å². The third-order valence-electron chi connectivity index (χ3n) is 5.53. The van der Waals surface area contributed by atoms with Crippen molar-refractivity contribution in [3.63, 3.8) is 0 Å².